The topological polar surface area (TPSA) is 39.2 Å². The van der Waals surface area contributed by atoms with E-state index >= 15 is 0 Å². The molecule has 2 rings (SSSR count). The Morgan fingerprint density at radius 1 is 1.35 bits per heavy atom. The van der Waals surface area contributed by atoms with Gasteiger partial charge in [-0.3, -0.25) is 4.98 Å². The molecule has 0 aliphatic rings. The molecule has 1 aromatic carbocycles. The smallest absolute Gasteiger partial charge is 0.330 e. The van der Waals surface area contributed by atoms with Gasteiger partial charge in [0.05, 0.1) is 12.1 Å². The maximum atomic E-state index is 11.2. The summed E-state index contributed by atoms with van der Waals surface area (Å²) in [5.74, 6) is -0.333. The number of carbonyl (C=O) groups excluding carboxylic acids is 1. The van der Waals surface area contributed by atoms with E-state index in [2.05, 4.69) is 4.98 Å². The monoisotopic (exact) mass is 227 g/mol. The van der Waals surface area contributed by atoms with Crippen molar-refractivity contribution >= 4 is 22.9 Å². The van der Waals surface area contributed by atoms with Gasteiger partial charge in [0.25, 0.3) is 0 Å². The summed E-state index contributed by atoms with van der Waals surface area (Å²) in [5, 5.41) is 1.05. The molecule has 0 amide bonds. The van der Waals surface area contributed by atoms with E-state index in [4.69, 9.17) is 4.74 Å². The molecule has 1 heterocycles. The molecular formula is C14H13NO2. The molecule has 0 saturated heterocycles. The Balaban J connectivity index is 2.33. The van der Waals surface area contributed by atoms with Gasteiger partial charge in [-0.05, 0) is 19.1 Å². The average Bonchev–Trinajstić information content (AvgIpc) is 2.36. The van der Waals surface area contributed by atoms with Gasteiger partial charge < -0.3 is 4.74 Å². The number of ether oxygens (including phenoxy) is 1. The zero-order chi connectivity index (χ0) is 12.1. The van der Waals surface area contributed by atoms with Crippen LogP contribution in [0.5, 0.6) is 0 Å². The van der Waals surface area contributed by atoms with E-state index in [0.717, 1.165) is 16.5 Å². The molecule has 0 fully saturated rings. The Bertz CT molecular complexity index is 556. The third kappa shape index (κ3) is 2.69. The molecule has 0 saturated carbocycles. The molecule has 0 aliphatic heterocycles. The number of para-hydroxylation sites is 1. The highest BCUT2D eigenvalue weighted by Crippen LogP contribution is 2.16. The molecule has 0 N–H and O–H groups in total. The van der Waals surface area contributed by atoms with Crippen molar-refractivity contribution in [3.8, 4) is 0 Å². The van der Waals surface area contributed by atoms with Crippen LogP contribution in [-0.4, -0.2) is 17.6 Å². The molecule has 86 valence electrons. The van der Waals surface area contributed by atoms with Crippen molar-refractivity contribution in [1.82, 2.24) is 4.98 Å². The van der Waals surface area contributed by atoms with Crippen LogP contribution >= 0.6 is 0 Å². The molecule has 0 radical (unpaired) electrons. The zero-order valence-electron chi connectivity index (χ0n) is 9.59. The normalized spacial score (nSPS) is 10.9. The lowest BCUT2D eigenvalue weighted by molar-refractivity contribution is -0.137. The largest absolute Gasteiger partial charge is 0.463 e. The summed E-state index contributed by atoms with van der Waals surface area (Å²) in [5.41, 5.74) is 1.80. The zero-order valence-corrected chi connectivity index (χ0v) is 9.59. The summed E-state index contributed by atoms with van der Waals surface area (Å²) in [6.45, 7) is 2.17. The summed E-state index contributed by atoms with van der Waals surface area (Å²) in [6.07, 6.45) is 4.89. The first-order valence-corrected chi connectivity index (χ1v) is 5.50. The third-order valence-electron chi connectivity index (χ3n) is 2.35. The van der Waals surface area contributed by atoms with Crippen molar-refractivity contribution in [3.05, 3.63) is 48.2 Å². The summed E-state index contributed by atoms with van der Waals surface area (Å²) < 4.78 is 4.83. The van der Waals surface area contributed by atoms with Gasteiger partial charge in [0.2, 0.25) is 0 Å². The SMILES string of the molecule is CCOC(=O)/C=C/c1cccc2cccnc12. The van der Waals surface area contributed by atoms with Crippen LogP contribution in [0.4, 0.5) is 0 Å². The number of carbonyl (C=O) groups is 1. The first-order chi connectivity index (χ1) is 8.31. The van der Waals surface area contributed by atoms with E-state index in [-0.39, 0.29) is 5.97 Å². The summed E-state index contributed by atoms with van der Waals surface area (Å²) in [4.78, 5) is 15.5. The molecule has 17 heavy (non-hydrogen) atoms. The molecule has 3 nitrogen and oxygen atoms in total. The van der Waals surface area contributed by atoms with Crippen LogP contribution in [0.1, 0.15) is 12.5 Å². The Morgan fingerprint density at radius 2 is 2.18 bits per heavy atom. The predicted molar refractivity (Wildman–Crippen MR) is 67.4 cm³/mol. The molecule has 3 heteroatoms. The van der Waals surface area contributed by atoms with Crippen LogP contribution in [0.15, 0.2) is 42.6 Å². The number of rotatable bonds is 3. The molecular weight excluding hydrogens is 214 g/mol. The highest BCUT2D eigenvalue weighted by molar-refractivity contribution is 5.92. The van der Waals surface area contributed by atoms with Crippen molar-refractivity contribution < 1.29 is 9.53 Å². The van der Waals surface area contributed by atoms with Gasteiger partial charge in [0, 0.05) is 23.2 Å². The maximum absolute atomic E-state index is 11.2. The Hall–Kier alpha value is -2.16. The summed E-state index contributed by atoms with van der Waals surface area (Å²) >= 11 is 0. The van der Waals surface area contributed by atoms with Crippen LogP contribution in [0.2, 0.25) is 0 Å². The minimum absolute atomic E-state index is 0.333. The van der Waals surface area contributed by atoms with Crippen LogP contribution in [0.3, 0.4) is 0 Å². The number of hydrogen-bond acceptors (Lipinski definition) is 3. The van der Waals surface area contributed by atoms with Crippen molar-refractivity contribution in [1.29, 1.82) is 0 Å². The fourth-order valence-corrected chi connectivity index (χ4v) is 1.61. The highest BCUT2D eigenvalue weighted by Gasteiger charge is 1.99. The van der Waals surface area contributed by atoms with Crippen LogP contribution in [0.25, 0.3) is 17.0 Å². The summed E-state index contributed by atoms with van der Waals surface area (Å²) in [7, 11) is 0. The molecule has 0 unspecified atom stereocenters. The highest BCUT2D eigenvalue weighted by atomic mass is 16.5. The van der Waals surface area contributed by atoms with Crippen molar-refractivity contribution in [2.24, 2.45) is 0 Å². The predicted octanol–water partition coefficient (Wildman–Crippen LogP) is 2.81. The van der Waals surface area contributed by atoms with Gasteiger partial charge in [-0.25, -0.2) is 4.79 Å². The maximum Gasteiger partial charge on any atom is 0.330 e. The Kier molecular flexibility index (Phi) is 3.50. The van der Waals surface area contributed by atoms with Gasteiger partial charge >= 0.3 is 5.97 Å². The minimum Gasteiger partial charge on any atom is -0.463 e. The van der Waals surface area contributed by atoms with Gasteiger partial charge in [-0.15, -0.1) is 0 Å². The van der Waals surface area contributed by atoms with Crippen LogP contribution < -0.4 is 0 Å². The lowest BCUT2D eigenvalue weighted by Crippen LogP contribution is -1.98. The molecule has 0 atom stereocenters. The summed E-state index contributed by atoms with van der Waals surface area (Å²) in [6, 6.07) is 9.73. The first-order valence-electron chi connectivity index (χ1n) is 5.50. The average molecular weight is 227 g/mol. The van der Waals surface area contributed by atoms with Gasteiger partial charge in [-0.2, -0.15) is 0 Å². The number of pyridine rings is 1. The standard InChI is InChI=1S/C14H13NO2/c1-2-17-13(16)9-8-12-6-3-5-11-7-4-10-15-14(11)12/h3-10H,2H2,1H3/b9-8+. The minimum atomic E-state index is -0.333. The van der Waals surface area contributed by atoms with E-state index in [1.807, 2.05) is 30.3 Å². The number of aromatic nitrogens is 1. The second-order valence-corrected chi connectivity index (χ2v) is 3.51. The number of nitrogens with zero attached hydrogens (tertiary/aromatic N) is 1. The van der Waals surface area contributed by atoms with E-state index in [9.17, 15) is 4.79 Å². The number of fused-ring (bicyclic) bond motifs is 1. The fraction of sp³-hybridized carbons (Fsp3) is 0.143. The number of esters is 1. The van der Waals surface area contributed by atoms with Gasteiger partial charge in [-0.1, -0.05) is 24.3 Å². The lowest BCUT2D eigenvalue weighted by atomic mass is 10.1. The van der Waals surface area contributed by atoms with E-state index in [1.165, 1.54) is 6.08 Å². The van der Waals surface area contributed by atoms with E-state index < -0.39 is 0 Å². The fourth-order valence-electron chi connectivity index (χ4n) is 1.61. The second-order valence-electron chi connectivity index (χ2n) is 3.51. The second kappa shape index (κ2) is 5.25. The van der Waals surface area contributed by atoms with Gasteiger partial charge in [0.1, 0.15) is 0 Å². The van der Waals surface area contributed by atoms with Crippen molar-refractivity contribution in [2.45, 2.75) is 6.92 Å². The first kappa shape index (κ1) is 11.3. The molecule has 2 aromatic rings. The van der Waals surface area contributed by atoms with Gasteiger partial charge in [0.15, 0.2) is 0 Å². The molecule has 0 aliphatic carbocycles. The number of hydrogen-bond donors (Lipinski definition) is 0. The van der Waals surface area contributed by atoms with Crippen molar-refractivity contribution in [2.75, 3.05) is 6.61 Å². The van der Waals surface area contributed by atoms with Crippen LogP contribution in [-0.2, 0) is 9.53 Å². The third-order valence-corrected chi connectivity index (χ3v) is 2.35. The Morgan fingerprint density at radius 3 is 3.00 bits per heavy atom. The molecule has 1 aromatic heterocycles. The van der Waals surface area contributed by atoms with E-state index in [0.29, 0.717) is 6.61 Å². The molecule has 0 spiro atoms. The number of benzene rings is 1. The Labute approximate surface area is 99.7 Å². The van der Waals surface area contributed by atoms with Crippen LogP contribution in [0, 0.1) is 0 Å². The quantitative estimate of drug-likeness (QED) is 0.598. The van der Waals surface area contributed by atoms with Crippen molar-refractivity contribution in [3.63, 3.8) is 0 Å². The van der Waals surface area contributed by atoms with E-state index in [1.54, 1.807) is 19.2 Å². The molecule has 0 bridgehead atoms. The lowest BCUT2D eigenvalue weighted by Gasteiger charge is -2.00.